The lowest BCUT2D eigenvalue weighted by Gasteiger charge is -2.25. The lowest BCUT2D eigenvalue weighted by molar-refractivity contribution is -0.164. The van der Waals surface area contributed by atoms with E-state index in [0.717, 1.165) is 29.0 Å². The lowest BCUT2D eigenvalue weighted by Crippen LogP contribution is -2.38. The molecule has 8 nitrogen and oxygen atoms in total. The molecule has 2 fully saturated rings. The Labute approximate surface area is 229 Å². The summed E-state index contributed by atoms with van der Waals surface area (Å²) >= 11 is 6.51. The number of rotatable bonds is 11. The van der Waals surface area contributed by atoms with Gasteiger partial charge in [0.05, 0.1) is 39.6 Å². The number of methoxy groups -OCH3 is 2. The maximum atomic E-state index is 11.1. The number of halogens is 1. The van der Waals surface area contributed by atoms with Gasteiger partial charge in [-0.3, -0.25) is 0 Å². The van der Waals surface area contributed by atoms with Crippen LogP contribution in [0, 0.1) is 0 Å². The fourth-order valence-corrected chi connectivity index (χ4v) is 4.98. The third kappa shape index (κ3) is 7.83. The van der Waals surface area contributed by atoms with E-state index in [2.05, 4.69) is 0 Å². The Kier molecular flexibility index (Phi) is 9.90. The SMILES string of the molecule is COc1ccc(CO[C@@H]2C[C@@H](CC/C(Cl)=C/C/C=C3\C=CC(=O)OC3)O[C@@H]2[C@H]2COC(C)(C)O2)cc1OC. The van der Waals surface area contributed by atoms with Crippen molar-refractivity contribution in [2.45, 2.75) is 76.3 Å². The van der Waals surface area contributed by atoms with Gasteiger partial charge < -0.3 is 33.2 Å². The zero-order valence-corrected chi connectivity index (χ0v) is 23.2. The minimum Gasteiger partial charge on any atom is -0.493 e. The molecule has 1 aromatic rings. The van der Waals surface area contributed by atoms with Crippen molar-refractivity contribution in [3.63, 3.8) is 0 Å². The first-order valence-electron chi connectivity index (χ1n) is 12.9. The summed E-state index contributed by atoms with van der Waals surface area (Å²) in [6.07, 6.45) is 9.46. The van der Waals surface area contributed by atoms with Crippen LogP contribution in [0.1, 0.15) is 45.1 Å². The van der Waals surface area contributed by atoms with Gasteiger partial charge in [-0.05, 0) is 62.5 Å². The quantitative estimate of drug-likeness (QED) is 0.348. The molecule has 0 N–H and O–H groups in total. The highest BCUT2D eigenvalue weighted by Gasteiger charge is 2.46. The zero-order chi connectivity index (χ0) is 27.1. The number of esters is 1. The minimum absolute atomic E-state index is 0.0103. The van der Waals surface area contributed by atoms with Gasteiger partial charge >= 0.3 is 5.97 Å². The van der Waals surface area contributed by atoms with Gasteiger partial charge in [-0.15, -0.1) is 0 Å². The van der Waals surface area contributed by atoms with Crippen molar-refractivity contribution in [2.75, 3.05) is 27.4 Å². The third-order valence-corrected chi connectivity index (χ3v) is 7.10. The van der Waals surface area contributed by atoms with Crippen LogP contribution in [0.5, 0.6) is 11.5 Å². The number of allylic oxidation sites excluding steroid dienone is 3. The van der Waals surface area contributed by atoms with Crippen LogP contribution in [0.15, 0.2) is 53.1 Å². The Balaban J connectivity index is 1.34. The molecule has 3 heterocycles. The zero-order valence-electron chi connectivity index (χ0n) is 22.4. The highest BCUT2D eigenvalue weighted by atomic mass is 35.5. The summed E-state index contributed by atoms with van der Waals surface area (Å²) in [6.45, 7) is 4.98. The second-order valence-electron chi connectivity index (χ2n) is 10.0. The van der Waals surface area contributed by atoms with Gasteiger partial charge in [0, 0.05) is 17.5 Å². The van der Waals surface area contributed by atoms with Crippen molar-refractivity contribution in [3.05, 3.63) is 58.7 Å². The first-order chi connectivity index (χ1) is 18.3. The number of cyclic esters (lactones) is 1. The molecule has 0 spiro atoms. The van der Waals surface area contributed by atoms with Gasteiger partial charge in [0.25, 0.3) is 0 Å². The normalized spacial score (nSPS) is 28.1. The van der Waals surface area contributed by atoms with Crippen molar-refractivity contribution < 1.29 is 38.0 Å². The fraction of sp³-hybridized carbons (Fsp3) is 0.552. The summed E-state index contributed by atoms with van der Waals surface area (Å²) < 4.78 is 40.5. The van der Waals surface area contributed by atoms with E-state index in [0.29, 0.717) is 44.2 Å². The number of carbonyl (C=O) groups excluding carboxylic acids is 1. The summed E-state index contributed by atoms with van der Waals surface area (Å²) in [5.41, 5.74) is 1.94. The Hall–Kier alpha value is -2.36. The maximum absolute atomic E-state index is 11.1. The molecule has 4 atom stereocenters. The number of carbonyl (C=O) groups is 1. The molecular formula is C29H37ClO8. The molecule has 0 aliphatic carbocycles. The Morgan fingerprint density at radius 1 is 1.18 bits per heavy atom. The Morgan fingerprint density at radius 3 is 2.68 bits per heavy atom. The van der Waals surface area contributed by atoms with Crippen molar-refractivity contribution in [2.24, 2.45) is 0 Å². The van der Waals surface area contributed by atoms with E-state index in [9.17, 15) is 4.79 Å². The summed E-state index contributed by atoms with van der Waals surface area (Å²) in [5, 5.41) is 0.773. The highest BCUT2D eigenvalue weighted by molar-refractivity contribution is 6.29. The number of hydrogen-bond acceptors (Lipinski definition) is 8. The monoisotopic (exact) mass is 548 g/mol. The molecule has 0 aromatic heterocycles. The third-order valence-electron chi connectivity index (χ3n) is 6.76. The first kappa shape index (κ1) is 28.6. The molecule has 3 aliphatic rings. The molecule has 4 rings (SSSR count). The van der Waals surface area contributed by atoms with E-state index in [1.807, 2.05) is 44.2 Å². The molecule has 0 radical (unpaired) electrons. The average molecular weight is 549 g/mol. The van der Waals surface area contributed by atoms with Crippen LogP contribution in [-0.4, -0.2) is 63.6 Å². The molecule has 3 aliphatic heterocycles. The summed E-state index contributed by atoms with van der Waals surface area (Å²) in [4.78, 5) is 11.1. The molecule has 0 bridgehead atoms. The molecule has 0 saturated carbocycles. The number of hydrogen-bond donors (Lipinski definition) is 0. The molecule has 1 aromatic carbocycles. The number of benzene rings is 1. The van der Waals surface area contributed by atoms with Crippen LogP contribution >= 0.6 is 11.6 Å². The van der Waals surface area contributed by atoms with Gasteiger partial charge in [-0.1, -0.05) is 29.8 Å². The molecular weight excluding hydrogens is 512 g/mol. The standard InChI is InChI=1S/C29H37ClO8/c1-29(2)36-18-26(38-29)28-25(34-17-20-8-12-23(32-3)24(14-20)33-4)15-22(37-28)11-10-21(30)7-5-6-19-9-13-27(31)35-16-19/h6-9,12-14,22,25-26,28H,5,10-11,15-18H2,1-4H3/b19-6+,21-7-/t22-,25-,26-,28+/m1/s1. The Morgan fingerprint density at radius 2 is 2.00 bits per heavy atom. The van der Waals surface area contributed by atoms with E-state index in [4.69, 9.17) is 44.8 Å². The molecule has 2 saturated heterocycles. The van der Waals surface area contributed by atoms with Gasteiger partial charge in [0.2, 0.25) is 0 Å². The maximum Gasteiger partial charge on any atom is 0.331 e. The second kappa shape index (κ2) is 13.1. The number of ether oxygens (including phenoxy) is 7. The minimum atomic E-state index is -0.646. The summed E-state index contributed by atoms with van der Waals surface area (Å²) in [6, 6.07) is 5.77. The summed E-state index contributed by atoms with van der Waals surface area (Å²) in [5.74, 6) is 0.385. The van der Waals surface area contributed by atoms with Gasteiger partial charge in [-0.25, -0.2) is 4.79 Å². The van der Waals surface area contributed by atoms with Crippen molar-refractivity contribution in [1.82, 2.24) is 0 Å². The van der Waals surface area contributed by atoms with Crippen LogP contribution in [0.25, 0.3) is 0 Å². The molecule has 0 unspecified atom stereocenters. The predicted molar refractivity (Wildman–Crippen MR) is 142 cm³/mol. The van der Waals surface area contributed by atoms with Crippen LogP contribution in [-0.2, 0) is 35.1 Å². The predicted octanol–water partition coefficient (Wildman–Crippen LogP) is 5.23. The van der Waals surface area contributed by atoms with Gasteiger partial charge in [-0.2, -0.15) is 0 Å². The van der Waals surface area contributed by atoms with Crippen molar-refractivity contribution in [3.8, 4) is 11.5 Å². The fourth-order valence-electron chi connectivity index (χ4n) is 4.78. The molecule has 0 amide bonds. The molecule has 208 valence electrons. The van der Waals surface area contributed by atoms with E-state index in [-0.39, 0.29) is 30.4 Å². The second-order valence-corrected chi connectivity index (χ2v) is 10.5. The lowest BCUT2D eigenvalue weighted by atomic mass is 10.0. The van der Waals surface area contributed by atoms with Crippen LogP contribution in [0.2, 0.25) is 0 Å². The highest BCUT2D eigenvalue weighted by Crippen LogP contribution is 2.36. The van der Waals surface area contributed by atoms with Gasteiger partial charge in [0.15, 0.2) is 17.3 Å². The topological polar surface area (TPSA) is 81.7 Å². The van der Waals surface area contributed by atoms with E-state index < -0.39 is 5.79 Å². The smallest absolute Gasteiger partial charge is 0.331 e. The average Bonchev–Trinajstić information content (AvgIpc) is 3.49. The molecule has 38 heavy (non-hydrogen) atoms. The van der Waals surface area contributed by atoms with Crippen molar-refractivity contribution >= 4 is 17.6 Å². The van der Waals surface area contributed by atoms with Crippen LogP contribution in [0.3, 0.4) is 0 Å². The largest absolute Gasteiger partial charge is 0.493 e. The van der Waals surface area contributed by atoms with E-state index >= 15 is 0 Å². The first-order valence-corrected chi connectivity index (χ1v) is 13.3. The van der Waals surface area contributed by atoms with Crippen molar-refractivity contribution in [1.29, 1.82) is 0 Å². The molecule has 9 heteroatoms. The van der Waals surface area contributed by atoms with Crippen LogP contribution in [0.4, 0.5) is 0 Å². The van der Waals surface area contributed by atoms with Gasteiger partial charge in [0.1, 0.15) is 18.8 Å². The summed E-state index contributed by atoms with van der Waals surface area (Å²) in [7, 11) is 3.23. The van der Waals surface area contributed by atoms with E-state index in [1.165, 1.54) is 6.08 Å². The van der Waals surface area contributed by atoms with Crippen LogP contribution < -0.4 is 9.47 Å². The Bertz CT molecular complexity index is 1060. The van der Waals surface area contributed by atoms with E-state index in [1.54, 1.807) is 20.3 Å².